The summed E-state index contributed by atoms with van der Waals surface area (Å²) in [5.41, 5.74) is 2.10. The molecule has 118 valence electrons. The SMILES string of the molecule is CCc1ccc2nc(NC(=O)CNC(=O)c3cccs3)sc2c1. The van der Waals surface area contributed by atoms with Crippen molar-refractivity contribution in [1.82, 2.24) is 10.3 Å². The predicted molar refractivity (Wildman–Crippen MR) is 94.3 cm³/mol. The van der Waals surface area contributed by atoms with E-state index in [2.05, 4.69) is 28.6 Å². The average Bonchev–Trinajstić information content (AvgIpc) is 3.20. The molecule has 2 N–H and O–H groups in total. The average molecular weight is 345 g/mol. The number of carbonyl (C=O) groups is 2. The Labute approximate surface area is 141 Å². The van der Waals surface area contributed by atoms with E-state index in [0.29, 0.717) is 10.0 Å². The van der Waals surface area contributed by atoms with Crippen molar-refractivity contribution >= 4 is 49.8 Å². The lowest BCUT2D eigenvalue weighted by Gasteiger charge is -2.03. The van der Waals surface area contributed by atoms with Crippen molar-refractivity contribution in [1.29, 1.82) is 0 Å². The number of thiophene rings is 1. The van der Waals surface area contributed by atoms with Crippen LogP contribution in [-0.2, 0) is 11.2 Å². The van der Waals surface area contributed by atoms with E-state index in [4.69, 9.17) is 0 Å². The summed E-state index contributed by atoms with van der Waals surface area (Å²) in [7, 11) is 0. The Hall–Kier alpha value is -2.25. The van der Waals surface area contributed by atoms with Crippen LogP contribution in [0.5, 0.6) is 0 Å². The number of aryl methyl sites for hydroxylation is 1. The van der Waals surface area contributed by atoms with Crippen molar-refractivity contribution in [2.45, 2.75) is 13.3 Å². The number of rotatable bonds is 5. The number of nitrogens with zero attached hydrogens (tertiary/aromatic N) is 1. The van der Waals surface area contributed by atoms with E-state index in [0.717, 1.165) is 16.6 Å². The molecule has 0 bridgehead atoms. The zero-order chi connectivity index (χ0) is 16.2. The fraction of sp³-hybridized carbons (Fsp3) is 0.188. The molecule has 0 saturated heterocycles. The third-order valence-corrected chi connectivity index (χ3v) is 5.06. The van der Waals surface area contributed by atoms with Crippen LogP contribution in [0.4, 0.5) is 5.13 Å². The maximum Gasteiger partial charge on any atom is 0.261 e. The third-order valence-electron chi connectivity index (χ3n) is 3.26. The first-order chi connectivity index (χ1) is 11.2. The molecule has 2 amide bonds. The molecule has 0 saturated carbocycles. The van der Waals surface area contributed by atoms with Crippen molar-refractivity contribution in [3.8, 4) is 0 Å². The van der Waals surface area contributed by atoms with Gasteiger partial charge in [0.2, 0.25) is 5.91 Å². The maximum absolute atomic E-state index is 11.9. The first-order valence-electron chi connectivity index (χ1n) is 7.16. The lowest BCUT2D eigenvalue weighted by atomic mass is 10.2. The molecule has 1 aromatic carbocycles. The van der Waals surface area contributed by atoms with E-state index in [1.165, 1.54) is 28.2 Å². The second kappa shape index (κ2) is 6.89. The van der Waals surface area contributed by atoms with Crippen molar-refractivity contribution in [2.75, 3.05) is 11.9 Å². The Morgan fingerprint density at radius 2 is 2.13 bits per heavy atom. The highest BCUT2D eigenvalue weighted by molar-refractivity contribution is 7.22. The van der Waals surface area contributed by atoms with Crippen LogP contribution >= 0.6 is 22.7 Å². The molecule has 0 radical (unpaired) electrons. The fourth-order valence-electron chi connectivity index (χ4n) is 2.06. The second-order valence-electron chi connectivity index (χ2n) is 4.88. The van der Waals surface area contributed by atoms with Crippen LogP contribution in [0.2, 0.25) is 0 Å². The number of carbonyl (C=O) groups excluding carboxylic acids is 2. The smallest absolute Gasteiger partial charge is 0.261 e. The molecule has 0 aliphatic rings. The molecule has 2 aromatic heterocycles. The van der Waals surface area contributed by atoms with Gasteiger partial charge in [-0.25, -0.2) is 4.98 Å². The van der Waals surface area contributed by atoms with Gasteiger partial charge in [-0.3, -0.25) is 9.59 Å². The largest absolute Gasteiger partial charge is 0.342 e. The monoisotopic (exact) mass is 345 g/mol. The van der Waals surface area contributed by atoms with Gasteiger partial charge in [-0.1, -0.05) is 30.4 Å². The van der Waals surface area contributed by atoms with Crippen LogP contribution in [0.15, 0.2) is 35.7 Å². The van der Waals surface area contributed by atoms with Crippen molar-refractivity contribution in [3.63, 3.8) is 0 Å². The van der Waals surface area contributed by atoms with Gasteiger partial charge in [0, 0.05) is 0 Å². The number of fused-ring (bicyclic) bond motifs is 1. The van der Waals surface area contributed by atoms with Crippen LogP contribution in [-0.4, -0.2) is 23.3 Å². The summed E-state index contributed by atoms with van der Waals surface area (Å²) in [5, 5.41) is 7.69. The van der Waals surface area contributed by atoms with E-state index in [1.54, 1.807) is 12.1 Å². The molecule has 0 aliphatic heterocycles. The van der Waals surface area contributed by atoms with E-state index in [1.807, 2.05) is 17.5 Å². The van der Waals surface area contributed by atoms with Crippen molar-refractivity contribution < 1.29 is 9.59 Å². The van der Waals surface area contributed by atoms with Gasteiger partial charge in [-0.15, -0.1) is 11.3 Å². The molecule has 0 fully saturated rings. The van der Waals surface area contributed by atoms with Gasteiger partial charge in [-0.05, 0) is 35.6 Å². The molecule has 0 atom stereocenters. The Balaban J connectivity index is 1.60. The molecular formula is C16H15N3O2S2. The molecule has 3 aromatic rings. The lowest BCUT2D eigenvalue weighted by molar-refractivity contribution is -0.115. The van der Waals surface area contributed by atoms with Crippen LogP contribution in [0.1, 0.15) is 22.2 Å². The number of anilines is 1. The number of aromatic nitrogens is 1. The number of thiazole rings is 1. The number of hydrogen-bond acceptors (Lipinski definition) is 5. The summed E-state index contributed by atoms with van der Waals surface area (Å²) in [4.78, 5) is 28.7. The maximum atomic E-state index is 11.9. The van der Waals surface area contributed by atoms with E-state index < -0.39 is 0 Å². The molecule has 3 rings (SSSR count). The fourth-order valence-corrected chi connectivity index (χ4v) is 3.65. The van der Waals surface area contributed by atoms with Gasteiger partial charge < -0.3 is 10.6 Å². The number of amides is 2. The minimum Gasteiger partial charge on any atom is -0.342 e. The van der Waals surface area contributed by atoms with E-state index in [-0.39, 0.29) is 18.4 Å². The number of hydrogen-bond donors (Lipinski definition) is 2. The molecular weight excluding hydrogens is 330 g/mol. The standard InChI is InChI=1S/C16H15N3O2S2/c1-2-10-5-6-11-13(8-10)23-16(18-11)19-14(20)9-17-15(21)12-4-3-7-22-12/h3-8H,2,9H2,1H3,(H,17,21)(H,18,19,20). The Kier molecular flexibility index (Phi) is 4.68. The van der Waals surface area contributed by atoms with Gasteiger partial charge in [0.05, 0.1) is 21.6 Å². The Morgan fingerprint density at radius 3 is 2.87 bits per heavy atom. The summed E-state index contributed by atoms with van der Waals surface area (Å²) < 4.78 is 1.04. The van der Waals surface area contributed by atoms with Crippen LogP contribution in [0.25, 0.3) is 10.2 Å². The summed E-state index contributed by atoms with van der Waals surface area (Å²) in [5.74, 6) is -0.531. The van der Waals surface area contributed by atoms with Crippen molar-refractivity contribution in [3.05, 3.63) is 46.2 Å². The number of benzene rings is 1. The highest BCUT2D eigenvalue weighted by Crippen LogP contribution is 2.26. The zero-order valence-corrected chi connectivity index (χ0v) is 14.1. The highest BCUT2D eigenvalue weighted by atomic mass is 32.1. The molecule has 2 heterocycles. The zero-order valence-electron chi connectivity index (χ0n) is 12.5. The third kappa shape index (κ3) is 3.75. The van der Waals surface area contributed by atoms with Crippen LogP contribution in [0, 0.1) is 0 Å². The van der Waals surface area contributed by atoms with Crippen molar-refractivity contribution in [2.24, 2.45) is 0 Å². The normalized spacial score (nSPS) is 10.7. The van der Waals surface area contributed by atoms with Gasteiger partial charge in [-0.2, -0.15) is 0 Å². The van der Waals surface area contributed by atoms with E-state index in [9.17, 15) is 9.59 Å². The van der Waals surface area contributed by atoms with Crippen LogP contribution in [0.3, 0.4) is 0 Å². The molecule has 0 spiro atoms. The highest BCUT2D eigenvalue weighted by Gasteiger charge is 2.11. The van der Waals surface area contributed by atoms with Crippen LogP contribution < -0.4 is 10.6 Å². The molecule has 7 heteroatoms. The summed E-state index contributed by atoms with van der Waals surface area (Å²) >= 11 is 2.77. The predicted octanol–water partition coefficient (Wildman–Crippen LogP) is 3.29. The first kappa shape index (κ1) is 15.6. The van der Waals surface area contributed by atoms with Gasteiger partial charge in [0.15, 0.2) is 5.13 Å². The Bertz CT molecular complexity index is 840. The minimum atomic E-state index is -0.287. The molecule has 23 heavy (non-hydrogen) atoms. The topological polar surface area (TPSA) is 71.1 Å². The molecule has 0 aliphatic carbocycles. The second-order valence-corrected chi connectivity index (χ2v) is 6.86. The van der Waals surface area contributed by atoms with Gasteiger partial charge in [0.1, 0.15) is 0 Å². The number of nitrogens with one attached hydrogen (secondary N) is 2. The molecule has 5 nitrogen and oxygen atoms in total. The van der Waals surface area contributed by atoms with Gasteiger partial charge in [0.25, 0.3) is 5.91 Å². The summed E-state index contributed by atoms with van der Waals surface area (Å²) in [6.07, 6.45) is 0.963. The lowest BCUT2D eigenvalue weighted by Crippen LogP contribution is -2.32. The summed E-state index contributed by atoms with van der Waals surface area (Å²) in [6.45, 7) is 2.02. The van der Waals surface area contributed by atoms with Gasteiger partial charge >= 0.3 is 0 Å². The van der Waals surface area contributed by atoms with E-state index >= 15 is 0 Å². The molecule has 0 unspecified atom stereocenters. The minimum absolute atomic E-state index is 0.0765. The quantitative estimate of drug-likeness (QED) is 0.745. The first-order valence-corrected chi connectivity index (χ1v) is 8.86. The summed E-state index contributed by atoms with van der Waals surface area (Å²) in [6, 6.07) is 9.59. The Morgan fingerprint density at radius 1 is 1.26 bits per heavy atom.